The molecule has 0 aromatic carbocycles. The van der Waals surface area contributed by atoms with Gasteiger partial charge in [0.2, 0.25) is 17.7 Å². The highest BCUT2D eigenvalue weighted by molar-refractivity contribution is 5.94. The van der Waals surface area contributed by atoms with Gasteiger partial charge < -0.3 is 37.0 Å². The third-order valence-corrected chi connectivity index (χ3v) is 3.89. The van der Waals surface area contributed by atoms with Crippen LogP contribution in [0.4, 0.5) is 0 Å². The molecule has 8 N–H and O–H groups in total. The van der Waals surface area contributed by atoms with Crippen LogP contribution in [0.3, 0.4) is 0 Å². The van der Waals surface area contributed by atoms with E-state index < -0.39 is 60.4 Å². The molecule has 0 saturated carbocycles. The Morgan fingerprint density at radius 3 is 1.83 bits per heavy atom. The Balaban J connectivity index is 5.08. The largest absolute Gasteiger partial charge is 0.481 e. The van der Waals surface area contributed by atoms with Crippen LogP contribution in [-0.2, 0) is 24.0 Å². The molecule has 0 aliphatic heterocycles. The van der Waals surface area contributed by atoms with Crippen molar-refractivity contribution in [3.63, 3.8) is 0 Å². The van der Waals surface area contributed by atoms with Crippen LogP contribution >= 0.6 is 0 Å². The molecule has 4 atom stereocenters. The Labute approximate surface area is 168 Å². The van der Waals surface area contributed by atoms with Gasteiger partial charge in [-0.2, -0.15) is 0 Å². The Bertz CT molecular complexity index is 610. The first-order valence-electron chi connectivity index (χ1n) is 9.11. The third kappa shape index (κ3) is 10.4. The molecule has 0 aromatic rings. The Morgan fingerprint density at radius 1 is 0.862 bits per heavy atom. The van der Waals surface area contributed by atoms with E-state index in [1.807, 2.05) is 0 Å². The minimum atomic E-state index is -1.42. The maximum atomic E-state index is 12.5. The summed E-state index contributed by atoms with van der Waals surface area (Å²) in [5.74, 6) is -4.83. The molecule has 0 aromatic heterocycles. The topological polar surface area (TPSA) is 208 Å². The van der Waals surface area contributed by atoms with Crippen LogP contribution in [0.1, 0.15) is 40.0 Å². The zero-order valence-electron chi connectivity index (χ0n) is 16.7. The highest BCUT2D eigenvalue weighted by Crippen LogP contribution is 2.07. The molecule has 0 spiro atoms. The summed E-state index contributed by atoms with van der Waals surface area (Å²) < 4.78 is 0. The number of amides is 3. The quantitative estimate of drug-likeness (QED) is 0.172. The normalized spacial score (nSPS) is 15.0. The molecule has 0 aliphatic carbocycles. The Kier molecular flexibility index (Phi) is 11.5. The van der Waals surface area contributed by atoms with Gasteiger partial charge in [-0.25, -0.2) is 0 Å². The Hall–Kier alpha value is -2.73. The van der Waals surface area contributed by atoms with Crippen LogP contribution in [0.15, 0.2) is 0 Å². The van der Waals surface area contributed by atoms with Gasteiger partial charge in [-0.15, -0.1) is 0 Å². The number of hydrogen-bond donors (Lipinski definition) is 7. The third-order valence-electron chi connectivity index (χ3n) is 3.89. The van der Waals surface area contributed by atoms with Crippen molar-refractivity contribution in [2.75, 3.05) is 6.61 Å². The first kappa shape index (κ1) is 26.3. The van der Waals surface area contributed by atoms with Crippen molar-refractivity contribution in [3.05, 3.63) is 0 Å². The smallest absolute Gasteiger partial charge is 0.325 e. The number of aliphatic hydroxyl groups excluding tert-OH is 1. The van der Waals surface area contributed by atoms with E-state index in [1.54, 1.807) is 13.8 Å². The van der Waals surface area contributed by atoms with E-state index in [0.29, 0.717) is 0 Å². The van der Waals surface area contributed by atoms with Crippen molar-refractivity contribution in [3.8, 4) is 0 Å². The fourth-order valence-electron chi connectivity index (χ4n) is 2.23. The lowest BCUT2D eigenvalue weighted by molar-refractivity contribution is -0.142. The van der Waals surface area contributed by atoms with Gasteiger partial charge in [-0.3, -0.25) is 24.0 Å². The van der Waals surface area contributed by atoms with Crippen LogP contribution in [0.25, 0.3) is 0 Å². The number of carbonyl (C=O) groups is 5. The van der Waals surface area contributed by atoms with Crippen LogP contribution in [0, 0.1) is 5.92 Å². The van der Waals surface area contributed by atoms with E-state index >= 15 is 0 Å². The molecule has 0 radical (unpaired) electrons. The molecule has 29 heavy (non-hydrogen) atoms. The number of aliphatic carboxylic acids is 2. The summed E-state index contributed by atoms with van der Waals surface area (Å²) in [5.41, 5.74) is 5.64. The first-order chi connectivity index (χ1) is 13.4. The molecule has 12 nitrogen and oxygen atoms in total. The SMILES string of the molecule is CC(C)CC(NC(=O)C(N)CCC(=O)O)C(=O)NC(CO)C(=O)NC(C)C(=O)O. The summed E-state index contributed by atoms with van der Waals surface area (Å²) in [4.78, 5) is 58.1. The molecule has 12 heteroatoms. The van der Waals surface area contributed by atoms with Crippen molar-refractivity contribution in [2.45, 2.75) is 64.2 Å². The molecule has 3 amide bonds. The number of nitrogens with one attached hydrogen (secondary N) is 3. The van der Waals surface area contributed by atoms with Gasteiger partial charge in [0.05, 0.1) is 12.6 Å². The maximum Gasteiger partial charge on any atom is 0.325 e. The van der Waals surface area contributed by atoms with Crippen molar-refractivity contribution < 1.29 is 39.3 Å². The van der Waals surface area contributed by atoms with E-state index in [2.05, 4.69) is 16.0 Å². The summed E-state index contributed by atoms with van der Waals surface area (Å²) in [5, 5.41) is 33.7. The van der Waals surface area contributed by atoms with Crippen molar-refractivity contribution in [1.82, 2.24) is 16.0 Å². The second-order valence-electron chi connectivity index (χ2n) is 7.04. The van der Waals surface area contributed by atoms with Crippen LogP contribution < -0.4 is 21.7 Å². The van der Waals surface area contributed by atoms with E-state index in [-0.39, 0.29) is 25.2 Å². The van der Waals surface area contributed by atoms with E-state index in [9.17, 15) is 29.1 Å². The van der Waals surface area contributed by atoms with Gasteiger partial charge in [-0.1, -0.05) is 13.8 Å². The van der Waals surface area contributed by atoms with Crippen LogP contribution in [0.5, 0.6) is 0 Å². The van der Waals surface area contributed by atoms with E-state index in [0.717, 1.165) is 0 Å². The molecular weight excluding hydrogens is 388 g/mol. The highest BCUT2D eigenvalue weighted by atomic mass is 16.4. The zero-order chi connectivity index (χ0) is 22.7. The van der Waals surface area contributed by atoms with Gasteiger partial charge >= 0.3 is 11.9 Å². The summed E-state index contributed by atoms with van der Waals surface area (Å²) in [6, 6.07) is -4.87. The molecular formula is C17H30N4O8. The van der Waals surface area contributed by atoms with Crippen LogP contribution in [0.2, 0.25) is 0 Å². The number of carbonyl (C=O) groups excluding carboxylic acids is 3. The van der Waals surface area contributed by atoms with Gasteiger partial charge in [0.15, 0.2) is 0 Å². The molecule has 0 heterocycles. The van der Waals surface area contributed by atoms with Gasteiger partial charge in [0.1, 0.15) is 18.1 Å². The lowest BCUT2D eigenvalue weighted by Gasteiger charge is -2.24. The average Bonchev–Trinajstić information content (AvgIpc) is 2.62. The predicted molar refractivity (Wildman–Crippen MR) is 100 cm³/mol. The fraction of sp³-hybridized carbons (Fsp3) is 0.706. The standard InChI is InChI=1S/C17H30N4O8/c1-8(2)6-11(20-14(25)10(18)4-5-13(23)24)15(26)21-12(7-22)16(27)19-9(3)17(28)29/h8-12,22H,4-7,18H2,1-3H3,(H,19,27)(H,20,25)(H,21,26)(H,23,24)(H,28,29). The fourth-order valence-corrected chi connectivity index (χ4v) is 2.23. The molecule has 4 unspecified atom stereocenters. The second-order valence-corrected chi connectivity index (χ2v) is 7.04. The van der Waals surface area contributed by atoms with Gasteiger partial charge in [0.25, 0.3) is 0 Å². The van der Waals surface area contributed by atoms with Crippen molar-refractivity contribution >= 4 is 29.7 Å². The molecule has 0 bridgehead atoms. The maximum absolute atomic E-state index is 12.5. The molecule has 166 valence electrons. The average molecular weight is 418 g/mol. The number of carboxylic acid groups (broad SMARTS) is 2. The number of aliphatic hydroxyl groups is 1. The van der Waals surface area contributed by atoms with Gasteiger partial charge in [-0.05, 0) is 25.7 Å². The minimum Gasteiger partial charge on any atom is -0.481 e. The van der Waals surface area contributed by atoms with Gasteiger partial charge in [0, 0.05) is 6.42 Å². The number of nitrogens with two attached hydrogens (primary N) is 1. The molecule has 0 rings (SSSR count). The lowest BCUT2D eigenvalue weighted by Crippen LogP contribution is -2.58. The summed E-state index contributed by atoms with van der Waals surface area (Å²) >= 11 is 0. The van der Waals surface area contributed by atoms with Crippen molar-refractivity contribution in [1.29, 1.82) is 0 Å². The summed E-state index contributed by atoms with van der Waals surface area (Å²) in [6.07, 6.45) is -0.245. The monoisotopic (exact) mass is 418 g/mol. The number of rotatable bonds is 13. The van der Waals surface area contributed by atoms with E-state index in [4.69, 9.17) is 15.9 Å². The molecule has 0 saturated heterocycles. The zero-order valence-corrected chi connectivity index (χ0v) is 16.7. The second kappa shape index (κ2) is 12.7. The highest BCUT2D eigenvalue weighted by Gasteiger charge is 2.29. The first-order valence-corrected chi connectivity index (χ1v) is 9.11. The van der Waals surface area contributed by atoms with Crippen LogP contribution in [-0.4, -0.2) is 75.8 Å². The summed E-state index contributed by atoms with van der Waals surface area (Å²) in [6.45, 7) is 4.02. The number of carboxylic acids is 2. The number of hydrogen-bond acceptors (Lipinski definition) is 7. The lowest BCUT2D eigenvalue weighted by atomic mass is 10.0. The minimum absolute atomic E-state index is 0.0327. The predicted octanol–water partition coefficient (Wildman–Crippen LogP) is -2.22. The molecule has 0 fully saturated rings. The Morgan fingerprint density at radius 2 is 1.38 bits per heavy atom. The summed E-state index contributed by atoms with van der Waals surface area (Å²) in [7, 11) is 0. The van der Waals surface area contributed by atoms with Crippen molar-refractivity contribution in [2.24, 2.45) is 11.7 Å². The van der Waals surface area contributed by atoms with E-state index in [1.165, 1.54) is 6.92 Å². The molecule has 0 aliphatic rings.